The third-order valence-corrected chi connectivity index (χ3v) is 4.01. The van der Waals surface area contributed by atoms with E-state index in [0.29, 0.717) is 18.3 Å². The number of guanidine groups is 1. The summed E-state index contributed by atoms with van der Waals surface area (Å²) in [6, 6.07) is 12.1. The fraction of sp³-hybridized carbons (Fsp3) is 0.429. The van der Waals surface area contributed by atoms with Gasteiger partial charge in [0.15, 0.2) is 5.96 Å². The van der Waals surface area contributed by atoms with Gasteiger partial charge >= 0.3 is 0 Å². The number of nitrogens with zero attached hydrogens (tertiary/aromatic N) is 2. The van der Waals surface area contributed by atoms with Crippen LogP contribution in [-0.2, 0) is 6.54 Å². The summed E-state index contributed by atoms with van der Waals surface area (Å²) in [5, 5.41) is 6.70. The minimum atomic E-state index is 0. The van der Waals surface area contributed by atoms with Crippen molar-refractivity contribution in [3.8, 4) is 11.6 Å². The molecule has 0 aliphatic rings. The molecule has 0 fully saturated rings. The van der Waals surface area contributed by atoms with E-state index in [-0.39, 0.29) is 30.0 Å². The van der Waals surface area contributed by atoms with Gasteiger partial charge in [-0.2, -0.15) is 0 Å². The lowest BCUT2D eigenvalue weighted by Crippen LogP contribution is -2.38. The summed E-state index contributed by atoms with van der Waals surface area (Å²) in [6.45, 7) is 7.74. The SMILES string of the molecule is CN=C(NCc1ccc(OC)nc1)NC(C)c1ccc(OCC(C)C)cc1.I. The highest BCUT2D eigenvalue weighted by Crippen LogP contribution is 2.18. The summed E-state index contributed by atoms with van der Waals surface area (Å²) >= 11 is 0. The summed E-state index contributed by atoms with van der Waals surface area (Å²) in [7, 11) is 3.37. The van der Waals surface area contributed by atoms with E-state index >= 15 is 0 Å². The number of hydrogen-bond acceptors (Lipinski definition) is 4. The molecular weight excluding hydrogens is 467 g/mol. The van der Waals surface area contributed by atoms with Crippen LogP contribution in [-0.4, -0.2) is 31.7 Å². The summed E-state index contributed by atoms with van der Waals surface area (Å²) in [5.74, 6) is 2.75. The number of hydrogen-bond donors (Lipinski definition) is 2. The Balaban J connectivity index is 0.00000392. The number of rotatable bonds is 8. The standard InChI is InChI=1S/C21H30N4O2.HI/c1-15(2)14-27-19-9-7-18(8-10-19)16(3)25-21(22-4)24-13-17-6-11-20(26-5)23-12-17;/h6-12,15-16H,13-14H2,1-5H3,(H2,22,24,25);1H. The van der Waals surface area contributed by atoms with Crippen LogP contribution in [0.25, 0.3) is 0 Å². The highest BCUT2D eigenvalue weighted by atomic mass is 127. The average molecular weight is 498 g/mol. The first-order valence-electron chi connectivity index (χ1n) is 9.20. The molecular formula is C21H31IN4O2. The Morgan fingerprint density at radius 3 is 2.36 bits per heavy atom. The number of nitrogens with one attached hydrogen (secondary N) is 2. The molecule has 7 heteroatoms. The zero-order chi connectivity index (χ0) is 19.6. The van der Waals surface area contributed by atoms with E-state index in [0.717, 1.165) is 23.9 Å². The van der Waals surface area contributed by atoms with E-state index in [9.17, 15) is 0 Å². The second kappa shape index (κ2) is 12.4. The first-order chi connectivity index (χ1) is 13.0. The maximum absolute atomic E-state index is 5.74. The zero-order valence-corrected chi connectivity index (χ0v) is 19.6. The molecule has 154 valence electrons. The van der Waals surface area contributed by atoms with Crippen LogP contribution in [0.5, 0.6) is 11.6 Å². The Hall–Kier alpha value is -2.03. The number of pyridine rings is 1. The van der Waals surface area contributed by atoms with Crippen molar-refractivity contribution in [1.82, 2.24) is 15.6 Å². The van der Waals surface area contributed by atoms with Crippen molar-refractivity contribution >= 4 is 29.9 Å². The molecule has 1 aromatic heterocycles. The lowest BCUT2D eigenvalue weighted by atomic mass is 10.1. The van der Waals surface area contributed by atoms with Crippen molar-refractivity contribution in [2.45, 2.75) is 33.4 Å². The van der Waals surface area contributed by atoms with Crippen molar-refractivity contribution in [3.63, 3.8) is 0 Å². The van der Waals surface area contributed by atoms with Gasteiger partial charge in [-0.25, -0.2) is 4.98 Å². The van der Waals surface area contributed by atoms with E-state index in [2.05, 4.69) is 53.5 Å². The van der Waals surface area contributed by atoms with E-state index in [1.54, 1.807) is 20.4 Å². The van der Waals surface area contributed by atoms with Crippen molar-refractivity contribution < 1.29 is 9.47 Å². The Morgan fingerprint density at radius 1 is 1.11 bits per heavy atom. The quantitative estimate of drug-likeness (QED) is 0.325. The molecule has 1 unspecified atom stereocenters. The second-order valence-electron chi connectivity index (χ2n) is 6.77. The summed E-state index contributed by atoms with van der Waals surface area (Å²) < 4.78 is 10.8. The fourth-order valence-corrected chi connectivity index (χ4v) is 2.42. The predicted molar refractivity (Wildman–Crippen MR) is 125 cm³/mol. The first-order valence-corrected chi connectivity index (χ1v) is 9.20. The van der Waals surface area contributed by atoms with Crippen molar-refractivity contribution in [2.75, 3.05) is 20.8 Å². The molecule has 28 heavy (non-hydrogen) atoms. The van der Waals surface area contributed by atoms with Gasteiger partial charge in [-0.1, -0.05) is 32.0 Å². The van der Waals surface area contributed by atoms with Crippen LogP contribution >= 0.6 is 24.0 Å². The Kier molecular flexibility index (Phi) is 10.7. The van der Waals surface area contributed by atoms with E-state index in [1.165, 1.54) is 5.56 Å². The smallest absolute Gasteiger partial charge is 0.212 e. The van der Waals surface area contributed by atoms with Crippen LogP contribution in [0.1, 0.15) is 37.9 Å². The molecule has 0 bridgehead atoms. The number of ether oxygens (including phenoxy) is 2. The average Bonchev–Trinajstić information content (AvgIpc) is 2.70. The van der Waals surface area contributed by atoms with E-state index in [1.807, 2.05) is 24.3 Å². The normalized spacial score (nSPS) is 12.1. The fourth-order valence-electron chi connectivity index (χ4n) is 2.42. The summed E-state index contributed by atoms with van der Waals surface area (Å²) in [5.41, 5.74) is 2.22. The minimum absolute atomic E-state index is 0. The van der Waals surface area contributed by atoms with Gasteiger partial charge in [0, 0.05) is 25.9 Å². The third-order valence-electron chi connectivity index (χ3n) is 4.01. The Bertz CT molecular complexity index is 718. The van der Waals surface area contributed by atoms with Crippen molar-refractivity contribution in [2.24, 2.45) is 10.9 Å². The number of methoxy groups -OCH3 is 1. The maximum atomic E-state index is 5.74. The molecule has 2 N–H and O–H groups in total. The lowest BCUT2D eigenvalue weighted by molar-refractivity contribution is 0.271. The molecule has 0 radical (unpaired) electrons. The van der Waals surface area contributed by atoms with E-state index in [4.69, 9.17) is 9.47 Å². The number of benzene rings is 1. The number of aromatic nitrogens is 1. The molecule has 0 saturated heterocycles. The maximum Gasteiger partial charge on any atom is 0.212 e. The van der Waals surface area contributed by atoms with Crippen LogP contribution in [0.3, 0.4) is 0 Å². The van der Waals surface area contributed by atoms with Gasteiger partial charge < -0.3 is 20.1 Å². The predicted octanol–water partition coefficient (Wildman–Crippen LogP) is 4.17. The highest BCUT2D eigenvalue weighted by Gasteiger charge is 2.08. The van der Waals surface area contributed by atoms with Crippen LogP contribution < -0.4 is 20.1 Å². The second-order valence-corrected chi connectivity index (χ2v) is 6.77. The van der Waals surface area contributed by atoms with Crippen LogP contribution in [0, 0.1) is 5.92 Å². The monoisotopic (exact) mass is 498 g/mol. The number of aliphatic imine (C=N–C) groups is 1. The summed E-state index contributed by atoms with van der Waals surface area (Å²) in [6.07, 6.45) is 1.79. The van der Waals surface area contributed by atoms with Gasteiger partial charge in [0.1, 0.15) is 5.75 Å². The van der Waals surface area contributed by atoms with Crippen molar-refractivity contribution in [3.05, 3.63) is 53.7 Å². The molecule has 0 spiro atoms. The molecule has 1 atom stereocenters. The zero-order valence-electron chi connectivity index (χ0n) is 17.2. The third kappa shape index (κ3) is 7.92. The molecule has 1 heterocycles. The topological polar surface area (TPSA) is 67.8 Å². The summed E-state index contributed by atoms with van der Waals surface area (Å²) in [4.78, 5) is 8.50. The molecule has 0 aliphatic heterocycles. The molecule has 2 aromatic rings. The van der Waals surface area contributed by atoms with Crippen LogP contribution in [0.2, 0.25) is 0 Å². The first kappa shape index (κ1) is 24.0. The molecule has 1 aromatic carbocycles. The number of halogens is 1. The Morgan fingerprint density at radius 2 is 1.82 bits per heavy atom. The van der Waals surface area contributed by atoms with Crippen LogP contribution in [0.15, 0.2) is 47.6 Å². The van der Waals surface area contributed by atoms with Gasteiger partial charge in [-0.15, -0.1) is 24.0 Å². The van der Waals surface area contributed by atoms with Crippen molar-refractivity contribution in [1.29, 1.82) is 0 Å². The van der Waals surface area contributed by atoms with E-state index < -0.39 is 0 Å². The van der Waals surface area contributed by atoms with Gasteiger partial charge in [0.2, 0.25) is 5.88 Å². The minimum Gasteiger partial charge on any atom is -0.493 e. The van der Waals surface area contributed by atoms with Gasteiger partial charge in [-0.3, -0.25) is 4.99 Å². The molecule has 0 amide bonds. The molecule has 2 rings (SSSR count). The van der Waals surface area contributed by atoms with Gasteiger partial charge in [0.25, 0.3) is 0 Å². The van der Waals surface area contributed by atoms with Gasteiger partial charge in [0.05, 0.1) is 19.8 Å². The molecule has 0 aliphatic carbocycles. The molecule has 6 nitrogen and oxygen atoms in total. The van der Waals surface area contributed by atoms with Gasteiger partial charge in [-0.05, 0) is 36.1 Å². The lowest BCUT2D eigenvalue weighted by Gasteiger charge is -2.19. The largest absolute Gasteiger partial charge is 0.493 e. The Labute approximate surface area is 185 Å². The van der Waals surface area contributed by atoms with Crippen LogP contribution in [0.4, 0.5) is 0 Å². The molecule has 0 saturated carbocycles. The highest BCUT2D eigenvalue weighted by molar-refractivity contribution is 14.0.